The number of nitrogens with zero attached hydrogens (tertiary/aromatic N) is 1. The quantitative estimate of drug-likeness (QED) is 0.254. The predicted octanol–water partition coefficient (Wildman–Crippen LogP) is -2.98. The average Bonchev–Trinajstić information content (AvgIpc) is 2.97. The molecule has 3 atom stereocenters. The van der Waals surface area contributed by atoms with Crippen molar-refractivity contribution in [3.63, 3.8) is 0 Å². The molecule has 23 heavy (non-hydrogen) atoms. The van der Waals surface area contributed by atoms with Crippen LogP contribution in [0.4, 0.5) is 0 Å². The summed E-state index contributed by atoms with van der Waals surface area (Å²) in [5.74, 6) is -0.911. The number of aromatic nitrogens is 2. The van der Waals surface area contributed by atoms with Gasteiger partial charge in [-0.3, -0.25) is 19.1 Å². The Balaban J connectivity index is 2.19. The summed E-state index contributed by atoms with van der Waals surface area (Å²) >= 11 is 0. The first-order chi connectivity index (χ1) is 10.8. The summed E-state index contributed by atoms with van der Waals surface area (Å²) < 4.78 is 11.1. The zero-order chi connectivity index (χ0) is 17.2. The van der Waals surface area contributed by atoms with Crippen molar-refractivity contribution in [2.24, 2.45) is 5.73 Å². The van der Waals surface area contributed by atoms with Gasteiger partial charge in [0.1, 0.15) is 12.3 Å². The lowest BCUT2D eigenvalue weighted by Crippen LogP contribution is -2.48. The molecule has 0 bridgehead atoms. The van der Waals surface area contributed by atoms with Crippen molar-refractivity contribution < 1.29 is 24.5 Å². The molecule has 1 aromatic heterocycles. The van der Waals surface area contributed by atoms with Gasteiger partial charge >= 0.3 is 11.7 Å². The van der Waals surface area contributed by atoms with Crippen LogP contribution in [0.2, 0.25) is 0 Å². The number of rotatable bonds is 5. The van der Waals surface area contributed by atoms with Crippen LogP contribution >= 0.6 is 0 Å². The van der Waals surface area contributed by atoms with Crippen LogP contribution in [0.3, 0.4) is 0 Å². The van der Waals surface area contributed by atoms with E-state index >= 15 is 0 Å². The molecular weight excluding hydrogens is 309 g/mol. The van der Waals surface area contributed by atoms with Crippen molar-refractivity contribution in [3.05, 3.63) is 32.6 Å². The zero-order valence-electron chi connectivity index (χ0n) is 12.1. The third-order valence-electron chi connectivity index (χ3n) is 3.42. The second-order valence-corrected chi connectivity index (χ2v) is 5.07. The third-order valence-corrected chi connectivity index (χ3v) is 3.42. The van der Waals surface area contributed by atoms with Crippen LogP contribution in [0.1, 0.15) is 24.6 Å². The number of ether oxygens (including phenoxy) is 2. The number of carbonyl (C=O) groups excluding carboxylic acids is 1. The van der Waals surface area contributed by atoms with Gasteiger partial charge in [-0.1, -0.05) is 0 Å². The number of nitrogens with one attached hydrogen (secondary N) is 1. The average molecular weight is 325 g/mol. The van der Waals surface area contributed by atoms with Crippen LogP contribution in [-0.2, 0) is 20.9 Å². The first-order valence-electron chi connectivity index (χ1n) is 6.82. The van der Waals surface area contributed by atoms with Crippen molar-refractivity contribution in [1.29, 1.82) is 0 Å². The largest absolute Gasteiger partial charge is 0.440 e. The standard InChI is InChI=1S/C12H16BN3O7/c13-12(21,23-9(18)3-14)7-1-2-8(22-7)16-4-6(5-17)10(19)15-11(16)20/h4,7-8,17,21H,1-3,5,14H2,(H,15,19,20). The van der Waals surface area contributed by atoms with Crippen molar-refractivity contribution in [3.8, 4) is 0 Å². The van der Waals surface area contributed by atoms with E-state index in [1.165, 1.54) is 0 Å². The van der Waals surface area contributed by atoms with Gasteiger partial charge in [-0.15, -0.1) is 0 Å². The second-order valence-electron chi connectivity index (χ2n) is 5.07. The number of hydrogen-bond donors (Lipinski definition) is 4. The highest BCUT2D eigenvalue weighted by Crippen LogP contribution is 2.32. The fourth-order valence-electron chi connectivity index (χ4n) is 2.27. The normalized spacial score (nSPS) is 23.4. The number of esters is 1. The molecule has 2 rings (SSSR count). The van der Waals surface area contributed by atoms with E-state index in [1.807, 2.05) is 4.98 Å². The van der Waals surface area contributed by atoms with E-state index in [0.29, 0.717) is 0 Å². The van der Waals surface area contributed by atoms with Crippen LogP contribution in [0, 0.1) is 0 Å². The van der Waals surface area contributed by atoms with E-state index in [4.69, 9.17) is 23.4 Å². The van der Waals surface area contributed by atoms with Crippen LogP contribution in [0.5, 0.6) is 0 Å². The first kappa shape index (κ1) is 17.4. The summed E-state index contributed by atoms with van der Waals surface area (Å²) in [4.78, 5) is 36.4. The van der Waals surface area contributed by atoms with Gasteiger partial charge in [-0.2, -0.15) is 0 Å². The van der Waals surface area contributed by atoms with Crippen molar-refractivity contribution >= 4 is 13.8 Å². The van der Waals surface area contributed by atoms with Gasteiger partial charge in [0.2, 0.25) is 0 Å². The Morgan fingerprint density at radius 3 is 2.87 bits per heavy atom. The molecule has 11 heteroatoms. The van der Waals surface area contributed by atoms with Gasteiger partial charge in [-0.25, -0.2) is 4.79 Å². The summed E-state index contributed by atoms with van der Waals surface area (Å²) in [6, 6.07) is 0. The molecule has 0 aliphatic carbocycles. The molecule has 1 aromatic rings. The summed E-state index contributed by atoms with van der Waals surface area (Å²) in [5, 5.41) is 19.0. The van der Waals surface area contributed by atoms with Crippen molar-refractivity contribution in [1.82, 2.24) is 9.55 Å². The lowest BCUT2D eigenvalue weighted by Gasteiger charge is -2.30. The molecule has 1 aliphatic rings. The molecule has 0 amide bonds. The molecule has 2 radical (unpaired) electrons. The highest BCUT2D eigenvalue weighted by Gasteiger charge is 2.42. The maximum Gasteiger partial charge on any atom is 0.330 e. The summed E-state index contributed by atoms with van der Waals surface area (Å²) in [5.41, 5.74) is 1.23. The van der Waals surface area contributed by atoms with E-state index in [0.717, 1.165) is 10.8 Å². The highest BCUT2D eigenvalue weighted by molar-refractivity contribution is 6.14. The minimum Gasteiger partial charge on any atom is -0.440 e. The van der Waals surface area contributed by atoms with Gasteiger partial charge in [0.25, 0.3) is 5.56 Å². The van der Waals surface area contributed by atoms with Gasteiger partial charge in [0.05, 0.1) is 18.7 Å². The monoisotopic (exact) mass is 325 g/mol. The van der Waals surface area contributed by atoms with Crippen LogP contribution in [-0.4, -0.2) is 51.9 Å². The summed E-state index contributed by atoms with van der Waals surface area (Å²) in [7, 11) is 5.50. The molecule has 5 N–H and O–H groups in total. The molecular formula is C12H16BN3O7. The zero-order valence-corrected chi connectivity index (χ0v) is 12.1. The Labute approximate surface area is 131 Å². The Bertz CT molecular complexity index is 699. The van der Waals surface area contributed by atoms with Gasteiger partial charge in [-0.05, 0) is 12.8 Å². The lowest BCUT2D eigenvalue weighted by molar-refractivity contribution is -0.214. The Morgan fingerprint density at radius 1 is 1.57 bits per heavy atom. The summed E-state index contributed by atoms with van der Waals surface area (Å²) in [6.07, 6.45) is -0.312. The Hall–Kier alpha value is -1.95. The van der Waals surface area contributed by atoms with Gasteiger partial charge in [0, 0.05) is 6.20 Å². The number of aliphatic hydroxyl groups is 2. The SMILES string of the molecule is [B]C(O)(OC(=O)CN)C1CCC(n2cc(CO)c(=O)[nH]c2=O)O1. The smallest absolute Gasteiger partial charge is 0.330 e. The fraction of sp³-hybridized carbons (Fsp3) is 0.583. The number of carbonyl (C=O) groups is 1. The number of H-pyrrole nitrogens is 1. The molecule has 124 valence electrons. The number of aliphatic hydroxyl groups excluding tert-OH is 1. The van der Waals surface area contributed by atoms with Crippen molar-refractivity contribution in [2.75, 3.05) is 6.54 Å². The highest BCUT2D eigenvalue weighted by atomic mass is 16.7. The van der Waals surface area contributed by atoms with Gasteiger partial charge in [0.15, 0.2) is 13.5 Å². The molecule has 0 saturated carbocycles. The minimum absolute atomic E-state index is 0.0192. The Morgan fingerprint density at radius 2 is 2.26 bits per heavy atom. The Kier molecular flexibility index (Phi) is 5.04. The van der Waals surface area contributed by atoms with E-state index in [-0.39, 0.29) is 18.4 Å². The topological polar surface area (TPSA) is 157 Å². The number of aromatic amines is 1. The first-order valence-corrected chi connectivity index (χ1v) is 6.82. The predicted molar refractivity (Wildman–Crippen MR) is 76.2 cm³/mol. The van der Waals surface area contributed by atoms with E-state index in [2.05, 4.69) is 4.74 Å². The molecule has 10 nitrogen and oxygen atoms in total. The molecule has 1 aliphatic heterocycles. The third kappa shape index (κ3) is 3.70. The van der Waals surface area contributed by atoms with Crippen molar-refractivity contribution in [2.45, 2.75) is 37.5 Å². The van der Waals surface area contributed by atoms with Crippen LogP contribution in [0.15, 0.2) is 15.8 Å². The molecule has 0 aromatic carbocycles. The minimum atomic E-state index is -2.39. The van der Waals surface area contributed by atoms with Crippen LogP contribution < -0.4 is 17.0 Å². The molecule has 3 unspecified atom stereocenters. The molecule has 1 saturated heterocycles. The fourth-order valence-corrected chi connectivity index (χ4v) is 2.27. The van der Waals surface area contributed by atoms with Crippen LogP contribution in [0.25, 0.3) is 0 Å². The summed E-state index contributed by atoms with van der Waals surface area (Å²) in [6.45, 7) is -1.02. The van der Waals surface area contributed by atoms with E-state index in [1.54, 1.807) is 0 Å². The molecule has 1 fully saturated rings. The van der Waals surface area contributed by atoms with Gasteiger partial charge < -0.3 is 25.4 Å². The second kappa shape index (κ2) is 6.66. The number of hydrogen-bond acceptors (Lipinski definition) is 8. The maximum absolute atomic E-state index is 11.8. The van der Waals surface area contributed by atoms with E-state index < -0.39 is 48.4 Å². The van der Waals surface area contributed by atoms with E-state index in [9.17, 15) is 19.5 Å². The number of nitrogens with two attached hydrogens (primary N) is 1. The molecule has 2 heterocycles. The maximum atomic E-state index is 11.8. The lowest BCUT2D eigenvalue weighted by atomic mass is 9.87. The molecule has 0 spiro atoms.